The molecule has 1 saturated heterocycles. The maximum absolute atomic E-state index is 13.0. The van der Waals surface area contributed by atoms with Gasteiger partial charge >= 0.3 is 0 Å². The lowest BCUT2D eigenvalue weighted by Crippen LogP contribution is -2.21. The van der Waals surface area contributed by atoms with E-state index in [1.54, 1.807) is 30.3 Å². The van der Waals surface area contributed by atoms with Gasteiger partial charge in [0.25, 0.3) is 10.0 Å². The third-order valence-corrected chi connectivity index (χ3v) is 5.37. The molecule has 2 aromatic rings. The molecule has 1 aliphatic rings. The highest BCUT2D eigenvalue weighted by molar-refractivity contribution is 7.92. The molecular weight excluding hydrogens is 338 g/mol. The van der Waals surface area contributed by atoms with Crippen LogP contribution in [0.3, 0.4) is 0 Å². The van der Waals surface area contributed by atoms with Gasteiger partial charge in [0.2, 0.25) is 0 Å². The molecule has 1 heterocycles. The molecule has 0 spiro atoms. The second kappa shape index (κ2) is 6.69. The topological polar surface area (TPSA) is 67.9 Å². The zero-order chi connectivity index (χ0) is 18.1. The van der Waals surface area contributed by atoms with Crippen molar-refractivity contribution in [2.24, 2.45) is 0 Å². The molecule has 0 bridgehead atoms. The first-order valence-corrected chi connectivity index (χ1v) is 9.71. The lowest BCUT2D eigenvalue weighted by atomic mass is 9.87. The van der Waals surface area contributed by atoms with Crippen LogP contribution in [0.2, 0.25) is 0 Å². The molecule has 0 aliphatic carbocycles. The van der Waals surface area contributed by atoms with Crippen LogP contribution in [0.25, 0.3) is 0 Å². The van der Waals surface area contributed by atoms with Gasteiger partial charge in [-0.25, -0.2) is 8.42 Å². The van der Waals surface area contributed by atoms with Crippen molar-refractivity contribution < 1.29 is 17.9 Å². The fraction of sp³-hybridized carbons (Fsp3) is 0.368. The molecule has 0 aromatic heterocycles. The molecular formula is C19H23NO4S. The van der Waals surface area contributed by atoms with Crippen molar-refractivity contribution in [2.75, 3.05) is 17.9 Å². The summed E-state index contributed by atoms with van der Waals surface area (Å²) in [4.78, 5) is 0.280. The number of sulfonamides is 1. The minimum atomic E-state index is -3.73. The average Bonchev–Trinajstić information content (AvgIpc) is 3.37. The molecule has 2 aromatic carbocycles. The van der Waals surface area contributed by atoms with E-state index in [1.807, 2.05) is 39.0 Å². The van der Waals surface area contributed by atoms with E-state index in [-0.39, 0.29) is 16.4 Å². The van der Waals surface area contributed by atoms with Crippen molar-refractivity contribution in [3.8, 4) is 5.75 Å². The first kappa shape index (κ1) is 17.8. The molecule has 1 fully saturated rings. The predicted octanol–water partition coefficient (Wildman–Crippen LogP) is 3.56. The highest BCUT2D eigenvalue weighted by atomic mass is 32.2. The molecule has 1 N–H and O–H groups in total. The SMILES string of the molecule is CC(C)(C)c1ccccc1S(=O)(=O)Nc1ccccc1OCC1CO1. The van der Waals surface area contributed by atoms with E-state index in [1.165, 1.54) is 0 Å². The Morgan fingerprint density at radius 3 is 2.44 bits per heavy atom. The molecule has 0 amide bonds. The summed E-state index contributed by atoms with van der Waals surface area (Å²) in [5, 5.41) is 0. The standard InChI is InChI=1S/C19H23NO4S/c1-19(2,3)15-8-4-7-11-18(15)25(21,22)20-16-9-5-6-10-17(16)24-13-14-12-23-14/h4-11,14,20H,12-13H2,1-3H3. The fourth-order valence-corrected chi connectivity index (χ4v) is 4.03. The van der Waals surface area contributed by atoms with Gasteiger partial charge in [-0.15, -0.1) is 0 Å². The van der Waals surface area contributed by atoms with Gasteiger partial charge in [-0.05, 0) is 29.2 Å². The van der Waals surface area contributed by atoms with E-state index >= 15 is 0 Å². The largest absolute Gasteiger partial charge is 0.489 e. The lowest BCUT2D eigenvalue weighted by molar-refractivity contribution is 0.264. The van der Waals surface area contributed by atoms with Gasteiger partial charge in [-0.2, -0.15) is 0 Å². The lowest BCUT2D eigenvalue weighted by Gasteiger charge is -2.23. The van der Waals surface area contributed by atoms with Crippen molar-refractivity contribution in [3.05, 3.63) is 54.1 Å². The average molecular weight is 361 g/mol. The van der Waals surface area contributed by atoms with Gasteiger partial charge in [0.15, 0.2) is 0 Å². The molecule has 1 aliphatic heterocycles. The second-order valence-electron chi connectivity index (χ2n) is 7.11. The van der Waals surface area contributed by atoms with Gasteiger partial charge in [0.05, 0.1) is 17.2 Å². The van der Waals surface area contributed by atoms with Crippen molar-refractivity contribution >= 4 is 15.7 Å². The summed E-state index contributed by atoms with van der Waals surface area (Å²) < 4.78 is 39.4. The molecule has 3 rings (SSSR count). The van der Waals surface area contributed by atoms with Crippen molar-refractivity contribution in [2.45, 2.75) is 37.2 Å². The van der Waals surface area contributed by atoms with Crippen LogP contribution in [0.5, 0.6) is 5.75 Å². The zero-order valence-corrected chi connectivity index (χ0v) is 15.5. The second-order valence-corrected chi connectivity index (χ2v) is 8.76. The number of rotatable bonds is 6. The van der Waals surface area contributed by atoms with Crippen LogP contribution in [0, 0.1) is 0 Å². The zero-order valence-electron chi connectivity index (χ0n) is 14.7. The van der Waals surface area contributed by atoms with Crippen LogP contribution < -0.4 is 9.46 Å². The Balaban J connectivity index is 1.90. The number of anilines is 1. The van der Waals surface area contributed by atoms with E-state index in [9.17, 15) is 8.42 Å². The van der Waals surface area contributed by atoms with Crippen LogP contribution in [-0.2, 0) is 20.2 Å². The highest BCUT2D eigenvalue weighted by Crippen LogP contribution is 2.32. The Morgan fingerprint density at radius 2 is 1.76 bits per heavy atom. The maximum atomic E-state index is 13.0. The van der Waals surface area contributed by atoms with Crippen LogP contribution >= 0.6 is 0 Å². The van der Waals surface area contributed by atoms with E-state index in [4.69, 9.17) is 9.47 Å². The minimum absolute atomic E-state index is 0.103. The monoisotopic (exact) mass is 361 g/mol. The third kappa shape index (κ3) is 4.32. The van der Waals surface area contributed by atoms with Gasteiger partial charge in [-0.1, -0.05) is 51.1 Å². The smallest absolute Gasteiger partial charge is 0.262 e. The molecule has 5 nitrogen and oxygen atoms in total. The number of hydrogen-bond acceptors (Lipinski definition) is 4. The number of benzene rings is 2. The van der Waals surface area contributed by atoms with Gasteiger partial charge in [0, 0.05) is 0 Å². The number of epoxide rings is 1. The Labute approximate surface area is 149 Å². The van der Waals surface area contributed by atoms with Crippen LogP contribution in [0.1, 0.15) is 26.3 Å². The first-order chi connectivity index (χ1) is 11.8. The summed E-state index contributed by atoms with van der Waals surface area (Å²) in [6, 6.07) is 14.1. The third-order valence-electron chi connectivity index (χ3n) is 3.94. The summed E-state index contributed by atoms with van der Waals surface area (Å²) in [7, 11) is -3.73. The molecule has 134 valence electrons. The van der Waals surface area contributed by atoms with Crippen LogP contribution in [0.15, 0.2) is 53.4 Å². The van der Waals surface area contributed by atoms with Crippen molar-refractivity contribution in [1.82, 2.24) is 0 Å². The first-order valence-electron chi connectivity index (χ1n) is 8.23. The van der Waals surface area contributed by atoms with E-state index in [0.717, 1.165) is 5.56 Å². The van der Waals surface area contributed by atoms with Gasteiger partial charge < -0.3 is 9.47 Å². The predicted molar refractivity (Wildman–Crippen MR) is 97.6 cm³/mol. The Morgan fingerprint density at radius 1 is 1.12 bits per heavy atom. The van der Waals surface area contributed by atoms with Crippen LogP contribution in [-0.4, -0.2) is 27.7 Å². The Hall–Kier alpha value is -2.05. The van der Waals surface area contributed by atoms with Gasteiger partial charge in [-0.3, -0.25) is 4.72 Å². The normalized spacial score (nSPS) is 17.2. The number of nitrogens with one attached hydrogen (secondary N) is 1. The minimum Gasteiger partial charge on any atom is -0.489 e. The van der Waals surface area contributed by atoms with E-state index in [2.05, 4.69) is 4.72 Å². The number of hydrogen-bond donors (Lipinski definition) is 1. The van der Waals surface area contributed by atoms with Gasteiger partial charge in [0.1, 0.15) is 18.5 Å². The van der Waals surface area contributed by atoms with E-state index < -0.39 is 10.0 Å². The molecule has 0 saturated carbocycles. The maximum Gasteiger partial charge on any atom is 0.262 e. The quantitative estimate of drug-likeness (QED) is 0.799. The molecule has 0 radical (unpaired) electrons. The highest BCUT2D eigenvalue weighted by Gasteiger charge is 2.27. The number of para-hydroxylation sites is 2. The molecule has 1 atom stereocenters. The van der Waals surface area contributed by atoms with Crippen LogP contribution in [0.4, 0.5) is 5.69 Å². The summed E-state index contributed by atoms with van der Waals surface area (Å²) in [5.41, 5.74) is 0.907. The summed E-state index contributed by atoms with van der Waals surface area (Å²) in [6.07, 6.45) is 0.103. The van der Waals surface area contributed by atoms with Crippen molar-refractivity contribution in [1.29, 1.82) is 0 Å². The van der Waals surface area contributed by atoms with E-state index in [0.29, 0.717) is 24.7 Å². The molecule has 6 heteroatoms. The summed E-state index contributed by atoms with van der Waals surface area (Å²) in [5.74, 6) is 0.495. The summed E-state index contributed by atoms with van der Waals surface area (Å²) in [6.45, 7) is 7.08. The number of ether oxygens (including phenoxy) is 2. The van der Waals surface area contributed by atoms with Crippen molar-refractivity contribution in [3.63, 3.8) is 0 Å². The molecule has 1 unspecified atom stereocenters. The summed E-state index contributed by atoms with van der Waals surface area (Å²) >= 11 is 0. The molecule has 25 heavy (non-hydrogen) atoms. The fourth-order valence-electron chi connectivity index (χ4n) is 2.54. The Kier molecular flexibility index (Phi) is 4.75. The Bertz CT molecular complexity index is 852.